The molecular formula is C19H14N6O. The molecule has 0 bridgehead atoms. The number of carbonyl (C=O) groups excluding carboxylic acids is 1. The first-order valence-electron chi connectivity index (χ1n) is 7.99. The lowest BCUT2D eigenvalue weighted by molar-refractivity contribution is 0.0996. The van der Waals surface area contributed by atoms with Crippen molar-refractivity contribution < 1.29 is 4.79 Å². The minimum absolute atomic E-state index is 0.135. The molecule has 7 nitrogen and oxygen atoms in total. The molecule has 126 valence electrons. The number of amides is 1. The number of hydrogen-bond donors (Lipinski definition) is 0. The normalized spacial score (nSPS) is 12.7. The summed E-state index contributed by atoms with van der Waals surface area (Å²) in [5.41, 5.74) is 4.26. The van der Waals surface area contributed by atoms with Crippen LogP contribution in [-0.4, -0.2) is 25.7 Å². The molecule has 3 aromatic rings. The second-order valence-electron chi connectivity index (χ2n) is 5.81. The molecule has 0 aromatic carbocycles. The summed E-state index contributed by atoms with van der Waals surface area (Å²) >= 11 is 0. The van der Waals surface area contributed by atoms with Crippen molar-refractivity contribution in [1.82, 2.24) is 19.7 Å². The van der Waals surface area contributed by atoms with Gasteiger partial charge in [-0.1, -0.05) is 12.7 Å². The maximum atomic E-state index is 12.9. The molecule has 0 saturated carbocycles. The van der Waals surface area contributed by atoms with Crippen LogP contribution in [0.15, 0.2) is 49.6 Å². The third kappa shape index (κ3) is 2.54. The number of carbonyl (C=O) groups is 1. The Bertz CT molecular complexity index is 1050. The van der Waals surface area contributed by atoms with Crippen LogP contribution in [0, 0.1) is 11.3 Å². The molecule has 26 heavy (non-hydrogen) atoms. The van der Waals surface area contributed by atoms with Crippen molar-refractivity contribution in [3.05, 3.63) is 66.4 Å². The Hall–Kier alpha value is -3.79. The quantitative estimate of drug-likeness (QED) is 0.727. The molecule has 0 saturated heterocycles. The lowest BCUT2D eigenvalue weighted by Gasteiger charge is -2.12. The van der Waals surface area contributed by atoms with Gasteiger partial charge in [0.05, 0.1) is 41.4 Å². The number of pyridine rings is 2. The largest absolute Gasteiger partial charge is 0.299 e. The van der Waals surface area contributed by atoms with Gasteiger partial charge in [0.15, 0.2) is 0 Å². The summed E-state index contributed by atoms with van der Waals surface area (Å²) in [6, 6.07) is 7.65. The number of nitrogens with zero attached hydrogens (tertiary/aromatic N) is 6. The van der Waals surface area contributed by atoms with Crippen molar-refractivity contribution >= 4 is 17.7 Å². The Kier molecular flexibility index (Phi) is 3.78. The molecule has 0 N–H and O–H groups in total. The second kappa shape index (κ2) is 6.26. The second-order valence-corrected chi connectivity index (χ2v) is 5.81. The van der Waals surface area contributed by atoms with Gasteiger partial charge in [0.25, 0.3) is 5.91 Å². The highest BCUT2D eigenvalue weighted by Gasteiger charge is 2.33. The fraction of sp³-hybridized carbons (Fsp3) is 0.105. The third-order valence-corrected chi connectivity index (χ3v) is 4.23. The molecular weight excluding hydrogens is 328 g/mol. The van der Waals surface area contributed by atoms with E-state index in [-0.39, 0.29) is 12.5 Å². The first kappa shape index (κ1) is 15.7. The van der Waals surface area contributed by atoms with Gasteiger partial charge in [0.2, 0.25) is 0 Å². The summed E-state index contributed by atoms with van der Waals surface area (Å²) in [4.78, 5) is 23.3. The highest BCUT2D eigenvalue weighted by atomic mass is 16.2. The molecule has 1 amide bonds. The molecule has 4 rings (SSSR count). The van der Waals surface area contributed by atoms with E-state index in [1.54, 1.807) is 35.8 Å². The Balaban J connectivity index is 1.75. The van der Waals surface area contributed by atoms with Gasteiger partial charge >= 0.3 is 0 Å². The average molecular weight is 342 g/mol. The lowest BCUT2D eigenvalue weighted by atomic mass is 10.0. The summed E-state index contributed by atoms with van der Waals surface area (Å²) in [5, 5.41) is 12.9. The molecule has 0 unspecified atom stereocenters. The third-order valence-electron chi connectivity index (χ3n) is 4.23. The van der Waals surface area contributed by atoms with Crippen LogP contribution in [-0.2, 0) is 13.1 Å². The van der Waals surface area contributed by atoms with Crippen molar-refractivity contribution in [2.24, 2.45) is 0 Å². The summed E-state index contributed by atoms with van der Waals surface area (Å²) in [7, 11) is 0. The minimum Gasteiger partial charge on any atom is -0.299 e. The van der Waals surface area contributed by atoms with Gasteiger partial charge in [0, 0.05) is 24.2 Å². The van der Waals surface area contributed by atoms with E-state index in [2.05, 4.69) is 21.6 Å². The molecule has 0 atom stereocenters. The van der Waals surface area contributed by atoms with Crippen molar-refractivity contribution in [3.63, 3.8) is 0 Å². The molecule has 0 fully saturated rings. The van der Waals surface area contributed by atoms with Gasteiger partial charge < -0.3 is 0 Å². The highest BCUT2D eigenvalue weighted by Crippen LogP contribution is 2.32. The first-order chi connectivity index (χ1) is 12.7. The standard InChI is InChI=1S/C19H14N6O/c1-2-13-8-16(14-4-3-6-21-9-14)23-17-12-25(19(26)18(13)17)15-10-22-24(11-15)7-5-20/h2-4,6,8-11H,1,7,12H2. The molecule has 4 heterocycles. The Labute approximate surface area is 149 Å². The molecule has 7 heteroatoms. The molecule has 0 aliphatic carbocycles. The summed E-state index contributed by atoms with van der Waals surface area (Å²) < 4.78 is 1.49. The topological polar surface area (TPSA) is 87.7 Å². The molecule has 0 spiro atoms. The number of fused-ring (bicyclic) bond motifs is 1. The van der Waals surface area contributed by atoms with Crippen molar-refractivity contribution in [3.8, 4) is 17.3 Å². The predicted molar refractivity (Wildman–Crippen MR) is 95.9 cm³/mol. The van der Waals surface area contributed by atoms with Gasteiger partial charge in [-0.3, -0.25) is 19.4 Å². The fourth-order valence-corrected chi connectivity index (χ4v) is 3.02. The Morgan fingerprint density at radius 1 is 1.38 bits per heavy atom. The SMILES string of the molecule is C=Cc1cc(-c2cccnc2)nc2c1C(=O)N(c1cnn(CC#N)c1)C2. The Morgan fingerprint density at radius 3 is 3.00 bits per heavy atom. The van der Waals surface area contributed by atoms with Gasteiger partial charge in [-0.25, -0.2) is 4.98 Å². The number of aromatic nitrogens is 4. The van der Waals surface area contributed by atoms with E-state index in [1.807, 2.05) is 24.3 Å². The lowest BCUT2D eigenvalue weighted by Crippen LogP contribution is -2.22. The molecule has 3 aromatic heterocycles. The van der Waals surface area contributed by atoms with Gasteiger partial charge in [-0.2, -0.15) is 10.4 Å². The summed E-state index contributed by atoms with van der Waals surface area (Å²) in [5.74, 6) is -0.142. The zero-order valence-corrected chi connectivity index (χ0v) is 13.8. The van der Waals surface area contributed by atoms with E-state index in [0.29, 0.717) is 23.5 Å². The fourth-order valence-electron chi connectivity index (χ4n) is 3.02. The van der Waals surface area contributed by atoms with E-state index >= 15 is 0 Å². The number of anilines is 1. The number of nitriles is 1. The Morgan fingerprint density at radius 2 is 2.27 bits per heavy atom. The first-order valence-corrected chi connectivity index (χ1v) is 7.99. The van der Waals surface area contributed by atoms with Crippen molar-refractivity contribution in [2.45, 2.75) is 13.1 Å². The van der Waals surface area contributed by atoms with Crippen LogP contribution in [0.3, 0.4) is 0 Å². The molecule has 1 aliphatic rings. The molecule has 1 aliphatic heterocycles. The van der Waals surface area contributed by atoms with Crippen molar-refractivity contribution in [1.29, 1.82) is 5.26 Å². The van der Waals surface area contributed by atoms with E-state index in [1.165, 1.54) is 4.68 Å². The maximum Gasteiger partial charge on any atom is 0.261 e. The maximum absolute atomic E-state index is 12.9. The highest BCUT2D eigenvalue weighted by molar-refractivity contribution is 6.11. The van der Waals surface area contributed by atoms with E-state index in [0.717, 1.165) is 16.8 Å². The zero-order chi connectivity index (χ0) is 18.1. The smallest absolute Gasteiger partial charge is 0.261 e. The predicted octanol–water partition coefficient (Wildman–Crippen LogP) is 2.67. The van der Waals surface area contributed by atoms with Crippen LogP contribution in [0.1, 0.15) is 21.6 Å². The zero-order valence-electron chi connectivity index (χ0n) is 13.8. The monoisotopic (exact) mass is 342 g/mol. The van der Waals surface area contributed by atoms with Crippen molar-refractivity contribution in [2.75, 3.05) is 4.90 Å². The van der Waals surface area contributed by atoms with Crippen LogP contribution >= 0.6 is 0 Å². The van der Waals surface area contributed by atoms with Gasteiger partial charge in [-0.15, -0.1) is 0 Å². The van der Waals surface area contributed by atoms with Crippen LogP contribution in [0.5, 0.6) is 0 Å². The number of rotatable bonds is 4. The number of hydrogen-bond acceptors (Lipinski definition) is 5. The summed E-state index contributed by atoms with van der Waals surface area (Å²) in [6.07, 6.45) is 8.37. The molecule has 0 radical (unpaired) electrons. The minimum atomic E-state index is -0.142. The van der Waals surface area contributed by atoms with Gasteiger partial charge in [-0.05, 0) is 23.8 Å². The van der Waals surface area contributed by atoms with Crippen LogP contribution in [0.2, 0.25) is 0 Å². The van der Waals surface area contributed by atoms with E-state index in [9.17, 15) is 4.79 Å². The summed E-state index contributed by atoms with van der Waals surface area (Å²) in [6.45, 7) is 4.32. The van der Waals surface area contributed by atoms with Gasteiger partial charge in [0.1, 0.15) is 6.54 Å². The van der Waals surface area contributed by atoms with E-state index in [4.69, 9.17) is 5.26 Å². The van der Waals surface area contributed by atoms with Crippen LogP contribution in [0.4, 0.5) is 5.69 Å². The van der Waals surface area contributed by atoms with Crippen LogP contribution < -0.4 is 4.90 Å². The van der Waals surface area contributed by atoms with E-state index < -0.39 is 0 Å². The van der Waals surface area contributed by atoms with Crippen LogP contribution in [0.25, 0.3) is 17.3 Å². The average Bonchev–Trinajstić information content (AvgIpc) is 3.26.